The number of nitrogens with two attached hydrogens (primary N) is 1. The van der Waals surface area contributed by atoms with Crippen molar-refractivity contribution in [3.8, 4) is 0 Å². The fourth-order valence-corrected chi connectivity index (χ4v) is 1.79. The Balaban J connectivity index is 4.01. The highest BCUT2D eigenvalue weighted by atomic mass is 32.1. The van der Waals surface area contributed by atoms with Gasteiger partial charge in [-0.15, -0.1) is 0 Å². The molecule has 2 N–H and O–H groups in total. The highest BCUT2D eigenvalue weighted by molar-refractivity contribution is 7.80. The molecule has 0 radical (unpaired) electrons. The van der Waals surface area contributed by atoms with Crippen molar-refractivity contribution in [1.29, 1.82) is 0 Å². The van der Waals surface area contributed by atoms with Crippen LogP contribution < -0.4 is 5.73 Å². The number of methoxy groups -OCH3 is 1. The Hall–Kier alpha value is -0.190. The minimum atomic E-state index is -0.0285. The van der Waals surface area contributed by atoms with Gasteiger partial charge in [-0.1, -0.05) is 26.1 Å². The predicted octanol–water partition coefficient (Wildman–Crippen LogP) is 2.44. The first-order valence-electron chi connectivity index (χ1n) is 6.34. The Morgan fingerprint density at radius 2 is 1.94 bits per heavy atom. The molecule has 0 aromatic carbocycles. The van der Waals surface area contributed by atoms with Crippen LogP contribution in [0.3, 0.4) is 0 Å². The smallest absolute Gasteiger partial charge is 0.0784 e. The fraction of sp³-hybridized carbons (Fsp3) is 0.923. The summed E-state index contributed by atoms with van der Waals surface area (Å²) in [4.78, 5) is 3.05. The van der Waals surface area contributed by atoms with Gasteiger partial charge in [0.1, 0.15) is 0 Å². The van der Waals surface area contributed by atoms with Crippen molar-refractivity contribution in [2.24, 2.45) is 11.1 Å². The summed E-state index contributed by atoms with van der Waals surface area (Å²) in [5, 5.41) is 0. The second-order valence-corrected chi connectivity index (χ2v) is 5.91. The van der Waals surface area contributed by atoms with E-state index in [9.17, 15) is 0 Å². The molecular weight excluding hydrogens is 232 g/mol. The van der Waals surface area contributed by atoms with Gasteiger partial charge < -0.3 is 10.5 Å². The largest absolute Gasteiger partial charge is 0.393 e. The van der Waals surface area contributed by atoms with Gasteiger partial charge in [0.15, 0.2) is 0 Å². The Bertz CT molecular complexity index is 229. The van der Waals surface area contributed by atoms with E-state index in [0.717, 1.165) is 32.5 Å². The fourth-order valence-electron chi connectivity index (χ4n) is 1.68. The number of thiocarbonyl (C=S) groups is 1. The van der Waals surface area contributed by atoms with Crippen molar-refractivity contribution in [2.75, 3.05) is 26.8 Å². The van der Waals surface area contributed by atoms with Gasteiger partial charge in [0.2, 0.25) is 0 Å². The van der Waals surface area contributed by atoms with Crippen LogP contribution in [-0.4, -0.2) is 42.7 Å². The first kappa shape index (κ1) is 16.8. The molecule has 0 heterocycles. The molecule has 17 heavy (non-hydrogen) atoms. The molecule has 0 saturated heterocycles. The van der Waals surface area contributed by atoms with Gasteiger partial charge in [-0.05, 0) is 33.2 Å². The lowest BCUT2D eigenvalue weighted by atomic mass is 9.88. The third-order valence-corrected chi connectivity index (χ3v) is 3.78. The standard InChI is InChI=1S/C13H28N2OS/c1-11(2)15(9-10-16-5)8-6-7-13(3,4)12(14)17/h11H,6-10H2,1-5H3,(H2,14,17). The van der Waals surface area contributed by atoms with E-state index >= 15 is 0 Å². The minimum absolute atomic E-state index is 0.0285. The molecule has 0 atom stereocenters. The molecule has 0 rings (SSSR count). The van der Waals surface area contributed by atoms with Crippen molar-refractivity contribution >= 4 is 17.2 Å². The third kappa shape index (κ3) is 6.96. The minimum Gasteiger partial charge on any atom is -0.393 e. The summed E-state index contributed by atoms with van der Waals surface area (Å²) >= 11 is 5.08. The lowest BCUT2D eigenvalue weighted by molar-refractivity contribution is 0.126. The first-order chi connectivity index (χ1) is 7.81. The summed E-state index contributed by atoms with van der Waals surface area (Å²) < 4.78 is 5.13. The maximum atomic E-state index is 5.72. The number of hydrogen-bond acceptors (Lipinski definition) is 3. The molecule has 0 saturated carbocycles. The van der Waals surface area contributed by atoms with Crippen LogP contribution in [0.4, 0.5) is 0 Å². The van der Waals surface area contributed by atoms with Crippen molar-refractivity contribution < 1.29 is 4.74 Å². The van der Waals surface area contributed by atoms with Crippen LogP contribution in [0, 0.1) is 5.41 Å². The molecule has 0 aliphatic rings. The van der Waals surface area contributed by atoms with E-state index in [-0.39, 0.29) is 5.41 Å². The zero-order chi connectivity index (χ0) is 13.5. The summed E-state index contributed by atoms with van der Waals surface area (Å²) in [6, 6.07) is 0.554. The number of ether oxygens (including phenoxy) is 1. The van der Waals surface area contributed by atoms with Crippen LogP contribution in [0.25, 0.3) is 0 Å². The molecule has 102 valence electrons. The maximum Gasteiger partial charge on any atom is 0.0784 e. The zero-order valence-electron chi connectivity index (χ0n) is 12.0. The summed E-state index contributed by atoms with van der Waals surface area (Å²) in [6.07, 6.45) is 2.16. The zero-order valence-corrected chi connectivity index (χ0v) is 12.8. The van der Waals surface area contributed by atoms with Crippen molar-refractivity contribution in [3.63, 3.8) is 0 Å². The molecule has 0 aliphatic carbocycles. The molecular formula is C13H28N2OS. The average Bonchev–Trinajstić information content (AvgIpc) is 2.22. The van der Waals surface area contributed by atoms with Gasteiger partial charge in [-0.3, -0.25) is 4.90 Å². The Morgan fingerprint density at radius 3 is 2.35 bits per heavy atom. The van der Waals surface area contributed by atoms with E-state index in [1.165, 1.54) is 0 Å². The highest BCUT2D eigenvalue weighted by Crippen LogP contribution is 2.22. The summed E-state index contributed by atoms with van der Waals surface area (Å²) in [7, 11) is 1.74. The van der Waals surface area contributed by atoms with E-state index in [2.05, 4.69) is 32.6 Å². The summed E-state index contributed by atoms with van der Waals surface area (Å²) in [6.45, 7) is 11.5. The Kier molecular flexibility index (Phi) is 7.92. The molecule has 3 nitrogen and oxygen atoms in total. The molecule has 0 spiro atoms. The highest BCUT2D eigenvalue weighted by Gasteiger charge is 2.21. The molecule has 0 aliphatic heterocycles. The van der Waals surface area contributed by atoms with Crippen LogP contribution in [0.1, 0.15) is 40.5 Å². The summed E-state index contributed by atoms with van der Waals surface area (Å²) in [5.41, 5.74) is 5.70. The van der Waals surface area contributed by atoms with E-state index < -0.39 is 0 Å². The first-order valence-corrected chi connectivity index (χ1v) is 6.75. The normalized spacial score (nSPS) is 12.4. The van der Waals surface area contributed by atoms with Crippen LogP contribution in [0.15, 0.2) is 0 Å². The van der Waals surface area contributed by atoms with Crippen LogP contribution in [0.2, 0.25) is 0 Å². The van der Waals surface area contributed by atoms with E-state index in [1.54, 1.807) is 7.11 Å². The quantitative estimate of drug-likeness (QED) is 0.646. The monoisotopic (exact) mass is 260 g/mol. The molecule has 0 aromatic heterocycles. The topological polar surface area (TPSA) is 38.5 Å². The lowest BCUT2D eigenvalue weighted by Gasteiger charge is -2.28. The van der Waals surface area contributed by atoms with Gasteiger partial charge >= 0.3 is 0 Å². The molecule has 0 amide bonds. The van der Waals surface area contributed by atoms with Crippen LogP contribution in [-0.2, 0) is 4.74 Å². The van der Waals surface area contributed by atoms with Crippen molar-refractivity contribution in [3.05, 3.63) is 0 Å². The predicted molar refractivity (Wildman–Crippen MR) is 78.4 cm³/mol. The number of nitrogens with zero attached hydrogens (tertiary/aromatic N) is 1. The second-order valence-electron chi connectivity index (χ2n) is 5.47. The molecule has 0 aromatic rings. The number of rotatable bonds is 9. The van der Waals surface area contributed by atoms with Crippen LogP contribution in [0.5, 0.6) is 0 Å². The Labute approximate surface area is 112 Å². The van der Waals surface area contributed by atoms with Crippen molar-refractivity contribution in [1.82, 2.24) is 4.90 Å². The molecule has 0 fully saturated rings. The van der Waals surface area contributed by atoms with Gasteiger partial charge in [0.05, 0.1) is 11.6 Å². The van der Waals surface area contributed by atoms with E-state index in [1.807, 2.05) is 0 Å². The number of hydrogen-bond donors (Lipinski definition) is 1. The molecule has 0 unspecified atom stereocenters. The molecule has 0 bridgehead atoms. The Morgan fingerprint density at radius 1 is 1.35 bits per heavy atom. The molecule has 4 heteroatoms. The SMILES string of the molecule is COCCN(CCCC(C)(C)C(N)=S)C(C)C. The van der Waals surface area contributed by atoms with E-state index in [0.29, 0.717) is 11.0 Å². The average molecular weight is 260 g/mol. The van der Waals surface area contributed by atoms with Crippen LogP contribution >= 0.6 is 12.2 Å². The van der Waals surface area contributed by atoms with Gasteiger partial charge in [0, 0.05) is 25.1 Å². The third-order valence-electron chi connectivity index (χ3n) is 3.23. The maximum absolute atomic E-state index is 5.72. The van der Waals surface area contributed by atoms with E-state index in [4.69, 9.17) is 22.7 Å². The summed E-state index contributed by atoms with van der Waals surface area (Å²) in [5.74, 6) is 0. The van der Waals surface area contributed by atoms with Crippen molar-refractivity contribution in [2.45, 2.75) is 46.6 Å². The second kappa shape index (κ2) is 8.01. The lowest BCUT2D eigenvalue weighted by Crippen LogP contribution is -2.36. The van der Waals surface area contributed by atoms with Gasteiger partial charge in [-0.25, -0.2) is 0 Å². The van der Waals surface area contributed by atoms with Gasteiger partial charge in [-0.2, -0.15) is 0 Å². The van der Waals surface area contributed by atoms with Gasteiger partial charge in [0.25, 0.3) is 0 Å².